The van der Waals surface area contributed by atoms with Gasteiger partial charge < -0.3 is 4.74 Å². The van der Waals surface area contributed by atoms with Gasteiger partial charge in [0.2, 0.25) is 5.95 Å². The summed E-state index contributed by atoms with van der Waals surface area (Å²) in [5, 5.41) is 9.87. The number of halogens is 5. The van der Waals surface area contributed by atoms with Crippen LogP contribution in [0.1, 0.15) is 21.7 Å². The average Bonchev–Trinajstić information content (AvgIpc) is 3.47. The molecule has 1 amide bonds. The Kier molecular flexibility index (Phi) is 6.45. The molecule has 0 radical (unpaired) electrons. The molecule has 0 aliphatic heterocycles. The second kappa shape index (κ2) is 9.74. The molecule has 14 heteroatoms. The van der Waals surface area contributed by atoms with Crippen LogP contribution in [0.5, 0.6) is 5.75 Å². The molecule has 0 aliphatic carbocycles. The fraction of sp³-hybridized carbons (Fsp3) is 0.125. The van der Waals surface area contributed by atoms with Gasteiger partial charge in [0, 0.05) is 5.56 Å². The number of fused-ring (bicyclic) bond motifs is 1. The third-order valence-electron chi connectivity index (χ3n) is 5.42. The monoisotopic (exact) mass is 545 g/mol. The minimum absolute atomic E-state index is 0.0429. The van der Waals surface area contributed by atoms with Crippen molar-refractivity contribution >= 4 is 29.1 Å². The maximum absolute atomic E-state index is 14.0. The number of amides is 1. The van der Waals surface area contributed by atoms with E-state index in [2.05, 4.69) is 25.5 Å². The van der Waals surface area contributed by atoms with Gasteiger partial charge in [0.25, 0.3) is 5.91 Å². The van der Waals surface area contributed by atoms with E-state index in [9.17, 15) is 22.4 Å². The van der Waals surface area contributed by atoms with Crippen molar-refractivity contribution in [2.75, 3.05) is 12.4 Å². The highest BCUT2D eigenvalue weighted by atomic mass is 35.5. The van der Waals surface area contributed by atoms with E-state index < -0.39 is 23.5 Å². The van der Waals surface area contributed by atoms with Crippen LogP contribution in [0, 0.1) is 5.82 Å². The molecule has 0 fully saturated rings. The second-order valence-corrected chi connectivity index (χ2v) is 8.38. The van der Waals surface area contributed by atoms with E-state index in [-0.39, 0.29) is 34.7 Å². The number of ether oxygens (including phenoxy) is 1. The molecule has 0 unspecified atom stereocenters. The number of hydrogen-bond acceptors (Lipinski definition) is 6. The summed E-state index contributed by atoms with van der Waals surface area (Å²) in [6.07, 6.45) is -3.51. The Hall–Kier alpha value is -4.52. The SMILES string of the molecule is COc1cccc(-c2cc(C(F)(F)F)n3nc(C(=O)Nc4ncn(Cc5ccc(F)cc5)n4)c(Cl)c3n2)c1. The van der Waals surface area contributed by atoms with Gasteiger partial charge in [0.15, 0.2) is 17.0 Å². The number of aromatic nitrogens is 6. The van der Waals surface area contributed by atoms with Gasteiger partial charge in [-0.25, -0.2) is 23.6 Å². The second-order valence-electron chi connectivity index (χ2n) is 8.00. The first-order valence-electron chi connectivity index (χ1n) is 10.9. The van der Waals surface area contributed by atoms with Gasteiger partial charge in [-0.3, -0.25) is 10.1 Å². The average molecular weight is 546 g/mol. The molecule has 2 aromatic carbocycles. The molecule has 5 rings (SSSR count). The summed E-state index contributed by atoms with van der Waals surface area (Å²) in [4.78, 5) is 21.1. The summed E-state index contributed by atoms with van der Waals surface area (Å²) in [6, 6.07) is 12.9. The first-order valence-corrected chi connectivity index (χ1v) is 11.3. The maximum atomic E-state index is 14.0. The molecule has 3 aromatic heterocycles. The van der Waals surface area contributed by atoms with Gasteiger partial charge in [-0.15, -0.1) is 5.10 Å². The molecule has 0 saturated heterocycles. The van der Waals surface area contributed by atoms with Gasteiger partial charge in [-0.1, -0.05) is 35.9 Å². The molecular weight excluding hydrogens is 530 g/mol. The van der Waals surface area contributed by atoms with E-state index in [0.717, 1.165) is 11.6 Å². The van der Waals surface area contributed by atoms with Crippen molar-refractivity contribution in [3.63, 3.8) is 0 Å². The highest BCUT2D eigenvalue weighted by molar-refractivity contribution is 6.37. The number of hydrogen-bond donors (Lipinski definition) is 1. The largest absolute Gasteiger partial charge is 0.497 e. The zero-order valence-electron chi connectivity index (χ0n) is 19.4. The van der Waals surface area contributed by atoms with Crippen molar-refractivity contribution in [1.82, 2.24) is 29.4 Å². The quantitative estimate of drug-likeness (QED) is 0.298. The van der Waals surface area contributed by atoms with Crippen molar-refractivity contribution < 1.29 is 27.1 Å². The molecule has 194 valence electrons. The number of benzene rings is 2. The predicted octanol–water partition coefficient (Wildman–Crippen LogP) is 5.11. The summed E-state index contributed by atoms with van der Waals surface area (Å²) in [5.41, 5.74) is -1.00. The van der Waals surface area contributed by atoms with Crippen molar-refractivity contribution in [2.24, 2.45) is 0 Å². The number of methoxy groups -OCH3 is 1. The van der Waals surface area contributed by atoms with Crippen molar-refractivity contribution in [3.05, 3.63) is 88.7 Å². The Labute approximate surface area is 216 Å². The minimum atomic E-state index is -4.83. The van der Waals surface area contributed by atoms with E-state index in [1.807, 2.05) is 0 Å². The molecule has 9 nitrogen and oxygen atoms in total. The molecule has 0 bridgehead atoms. The van der Waals surface area contributed by atoms with Crippen LogP contribution >= 0.6 is 11.6 Å². The minimum Gasteiger partial charge on any atom is -0.497 e. The van der Waals surface area contributed by atoms with Crippen LogP contribution in [0.4, 0.5) is 23.5 Å². The third-order valence-corrected chi connectivity index (χ3v) is 5.77. The van der Waals surface area contributed by atoms with E-state index in [1.54, 1.807) is 30.3 Å². The lowest BCUT2D eigenvalue weighted by Gasteiger charge is -2.11. The fourth-order valence-corrected chi connectivity index (χ4v) is 3.88. The molecule has 3 heterocycles. The summed E-state index contributed by atoms with van der Waals surface area (Å²) >= 11 is 6.31. The van der Waals surface area contributed by atoms with Gasteiger partial charge in [0.1, 0.15) is 22.9 Å². The molecule has 0 atom stereocenters. The van der Waals surface area contributed by atoms with Crippen LogP contribution in [0.2, 0.25) is 5.02 Å². The summed E-state index contributed by atoms with van der Waals surface area (Å²) < 4.78 is 62.0. The number of carbonyl (C=O) groups is 1. The number of anilines is 1. The van der Waals surface area contributed by atoms with Crippen molar-refractivity contribution in [1.29, 1.82) is 0 Å². The zero-order valence-corrected chi connectivity index (χ0v) is 20.1. The predicted molar refractivity (Wildman–Crippen MR) is 128 cm³/mol. The van der Waals surface area contributed by atoms with E-state index in [0.29, 0.717) is 15.8 Å². The van der Waals surface area contributed by atoms with E-state index in [4.69, 9.17) is 16.3 Å². The molecule has 0 aliphatic rings. The number of nitrogens with one attached hydrogen (secondary N) is 1. The van der Waals surface area contributed by atoms with Crippen LogP contribution in [-0.4, -0.2) is 42.4 Å². The first-order chi connectivity index (χ1) is 18.1. The molecule has 1 N–H and O–H groups in total. The van der Waals surface area contributed by atoms with Crippen molar-refractivity contribution in [2.45, 2.75) is 12.7 Å². The van der Waals surface area contributed by atoms with Crippen LogP contribution in [0.15, 0.2) is 60.9 Å². The number of alkyl halides is 3. The highest BCUT2D eigenvalue weighted by Gasteiger charge is 2.37. The summed E-state index contributed by atoms with van der Waals surface area (Å²) in [7, 11) is 1.43. The number of rotatable bonds is 6. The smallest absolute Gasteiger partial charge is 0.433 e. The Morgan fingerprint density at radius 3 is 2.58 bits per heavy atom. The zero-order chi connectivity index (χ0) is 27.0. The van der Waals surface area contributed by atoms with Crippen LogP contribution < -0.4 is 10.1 Å². The lowest BCUT2D eigenvalue weighted by Crippen LogP contribution is -2.16. The molecular formula is C24H16ClF4N7O2. The van der Waals surface area contributed by atoms with Gasteiger partial charge >= 0.3 is 6.18 Å². The summed E-state index contributed by atoms with van der Waals surface area (Å²) in [6.45, 7) is 0.240. The van der Waals surface area contributed by atoms with E-state index in [1.165, 1.54) is 36.3 Å². The topological polar surface area (TPSA) is 99.2 Å². The Morgan fingerprint density at radius 1 is 1.11 bits per heavy atom. The van der Waals surface area contributed by atoms with E-state index >= 15 is 0 Å². The Morgan fingerprint density at radius 2 is 1.87 bits per heavy atom. The normalized spacial score (nSPS) is 11.6. The van der Waals surface area contributed by atoms with Crippen LogP contribution in [0.25, 0.3) is 16.9 Å². The van der Waals surface area contributed by atoms with Gasteiger partial charge in [-0.2, -0.15) is 18.3 Å². The van der Waals surface area contributed by atoms with Gasteiger partial charge in [0.05, 0.1) is 19.3 Å². The number of nitrogens with zero attached hydrogens (tertiary/aromatic N) is 6. The first kappa shape index (κ1) is 25.1. The number of carbonyl (C=O) groups excluding carboxylic acids is 1. The van der Waals surface area contributed by atoms with Gasteiger partial charge in [-0.05, 0) is 35.9 Å². The summed E-state index contributed by atoms with van der Waals surface area (Å²) in [5.74, 6) is -1.03. The highest BCUT2D eigenvalue weighted by Crippen LogP contribution is 2.35. The molecule has 0 spiro atoms. The third kappa shape index (κ3) is 5.00. The molecule has 5 aromatic rings. The lowest BCUT2D eigenvalue weighted by atomic mass is 10.1. The van der Waals surface area contributed by atoms with Crippen LogP contribution in [0.3, 0.4) is 0 Å². The Bertz CT molecular complexity index is 1650. The fourth-order valence-electron chi connectivity index (χ4n) is 3.63. The molecule has 38 heavy (non-hydrogen) atoms. The lowest BCUT2D eigenvalue weighted by molar-refractivity contribution is -0.142. The van der Waals surface area contributed by atoms with Crippen molar-refractivity contribution in [3.8, 4) is 17.0 Å². The molecule has 0 saturated carbocycles. The maximum Gasteiger partial charge on any atom is 0.433 e. The Balaban J connectivity index is 1.47. The van der Waals surface area contributed by atoms with Crippen LogP contribution in [-0.2, 0) is 12.7 Å². The standard InChI is InChI=1S/C24H16ClF4N7O2/c1-38-16-4-2-3-14(9-16)17-10-18(24(27,28)29)36-21(31-17)19(25)20(33-36)22(37)32-23-30-12-35(34-23)11-13-5-7-15(26)8-6-13/h2-10,12H,11H2,1H3,(H,32,34,37).